The van der Waals surface area contributed by atoms with Gasteiger partial charge in [-0.25, -0.2) is 8.78 Å². The van der Waals surface area contributed by atoms with Crippen LogP contribution in [0, 0.1) is 5.92 Å². The SMILES string of the molecule is O=CC1CCCN(CCC(F)F)CC1. The Morgan fingerprint density at radius 2 is 2.14 bits per heavy atom. The smallest absolute Gasteiger partial charge is 0.239 e. The number of likely N-dealkylation sites (tertiary alicyclic amines) is 1. The molecule has 2 nitrogen and oxygen atoms in total. The van der Waals surface area contributed by atoms with Crippen LogP contribution in [0.3, 0.4) is 0 Å². The van der Waals surface area contributed by atoms with Gasteiger partial charge in [-0.15, -0.1) is 0 Å². The Morgan fingerprint density at radius 1 is 1.36 bits per heavy atom. The highest BCUT2D eigenvalue weighted by Crippen LogP contribution is 2.16. The van der Waals surface area contributed by atoms with Crippen molar-refractivity contribution in [3.63, 3.8) is 0 Å². The second-order valence-electron chi connectivity index (χ2n) is 3.85. The molecule has 0 N–H and O–H groups in total. The molecule has 14 heavy (non-hydrogen) atoms. The molecule has 1 aliphatic rings. The van der Waals surface area contributed by atoms with Gasteiger partial charge in [-0.3, -0.25) is 0 Å². The molecule has 0 amide bonds. The Balaban J connectivity index is 2.23. The fraction of sp³-hybridized carbons (Fsp3) is 0.900. The van der Waals surface area contributed by atoms with Gasteiger partial charge in [-0.1, -0.05) is 0 Å². The maximum absolute atomic E-state index is 12.0. The molecular weight excluding hydrogens is 188 g/mol. The van der Waals surface area contributed by atoms with Crippen molar-refractivity contribution in [2.24, 2.45) is 5.92 Å². The minimum absolute atomic E-state index is 0.0498. The summed E-state index contributed by atoms with van der Waals surface area (Å²) >= 11 is 0. The zero-order valence-electron chi connectivity index (χ0n) is 8.29. The summed E-state index contributed by atoms with van der Waals surface area (Å²) in [6.45, 7) is 2.11. The van der Waals surface area contributed by atoms with Crippen molar-refractivity contribution in [3.8, 4) is 0 Å². The zero-order valence-corrected chi connectivity index (χ0v) is 8.29. The maximum Gasteiger partial charge on any atom is 0.239 e. The summed E-state index contributed by atoms with van der Waals surface area (Å²) in [4.78, 5) is 12.6. The summed E-state index contributed by atoms with van der Waals surface area (Å²) in [5.74, 6) is 0.145. The number of rotatable bonds is 4. The van der Waals surface area contributed by atoms with E-state index in [9.17, 15) is 13.6 Å². The van der Waals surface area contributed by atoms with Gasteiger partial charge in [0.15, 0.2) is 0 Å². The first-order valence-corrected chi connectivity index (χ1v) is 5.18. The zero-order chi connectivity index (χ0) is 10.4. The van der Waals surface area contributed by atoms with Crippen LogP contribution in [0.15, 0.2) is 0 Å². The summed E-state index contributed by atoms with van der Waals surface area (Å²) in [5.41, 5.74) is 0. The van der Waals surface area contributed by atoms with Gasteiger partial charge >= 0.3 is 0 Å². The standard InChI is InChI=1S/C10H17F2NO/c11-10(12)4-7-13-5-1-2-9(8-14)3-6-13/h8-10H,1-7H2. The molecule has 1 rings (SSSR count). The number of carbonyl (C=O) groups is 1. The number of hydrogen-bond donors (Lipinski definition) is 0. The molecule has 0 spiro atoms. The van der Waals surface area contributed by atoms with E-state index in [0.717, 1.165) is 38.6 Å². The maximum atomic E-state index is 12.0. The van der Waals surface area contributed by atoms with Crippen molar-refractivity contribution < 1.29 is 13.6 Å². The molecule has 1 heterocycles. The highest BCUT2D eigenvalue weighted by molar-refractivity contribution is 5.53. The van der Waals surface area contributed by atoms with Gasteiger partial charge in [0.1, 0.15) is 6.29 Å². The molecule has 1 fully saturated rings. The van der Waals surface area contributed by atoms with Crippen molar-refractivity contribution in [2.75, 3.05) is 19.6 Å². The van der Waals surface area contributed by atoms with Gasteiger partial charge in [0.05, 0.1) is 0 Å². The molecule has 82 valence electrons. The molecule has 0 aromatic carbocycles. The van der Waals surface area contributed by atoms with E-state index in [1.54, 1.807) is 0 Å². The molecular formula is C10H17F2NO. The van der Waals surface area contributed by atoms with Crippen molar-refractivity contribution in [1.82, 2.24) is 4.90 Å². The molecule has 0 aromatic rings. The average Bonchev–Trinajstić information content (AvgIpc) is 2.39. The predicted octanol–water partition coefficient (Wildman–Crippen LogP) is 1.94. The minimum Gasteiger partial charge on any atom is -0.303 e. The number of halogens is 2. The van der Waals surface area contributed by atoms with Crippen LogP contribution in [0.2, 0.25) is 0 Å². The van der Waals surface area contributed by atoms with Crippen LogP contribution in [0.1, 0.15) is 25.7 Å². The number of nitrogens with zero attached hydrogens (tertiary/aromatic N) is 1. The lowest BCUT2D eigenvalue weighted by Gasteiger charge is -2.19. The van der Waals surface area contributed by atoms with Crippen LogP contribution < -0.4 is 0 Å². The summed E-state index contributed by atoms with van der Waals surface area (Å²) in [7, 11) is 0. The van der Waals surface area contributed by atoms with Gasteiger partial charge in [0.25, 0.3) is 0 Å². The third kappa shape index (κ3) is 4.13. The van der Waals surface area contributed by atoms with Gasteiger partial charge < -0.3 is 9.69 Å². The summed E-state index contributed by atoms with van der Waals surface area (Å²) in [6.07, 6.45) is 1.43. The van der Waals surface area contributed by atoms with Crippen molar-refractivity contribution in [3.05, 3.63) is 0 Å². The van der Waals surface area contributed by atoms with Gasteiger partial charge in [-0.05, 0) is 32.4 Å². The van der Waals surface area contributed by atoms with E-state index in [1.807, 2.05) is 4.90 Å². The molecule has 0 aliphatic carbocycles. The van der Waals surface area contributed by atoms with Crippen molar-refractivity contribution in [1.29, 1.82) is 0 Å². The molecule has 1 aliphatic heterocycles. The lowest BCUT2D eigenvalue weighted by molar-refractivity contribution is -0.111. The third-order valence-electron chi connectivity index (χ3n) is 2.72. The Labute approximate surface area is 83.3 Å². The minimum atomic E-state index is -2.21. The van der Waals surface area contributed by atoms with E-state index in [2.05, 4.69) is 0 Å². The first-order valence-electron chi connectivity index (χ1n) is 5.18. The molecule has 1 unspecified atom stereocenters. The number of carbonyl (C=O) groups excluding carboxylic acids is 1. The van der Waals surface area contributed by atoms with Crippen LogP contribution in [0.25, 0.3) is 0 Å². The Kier molecular flexibility index (Phi) is 5.01. The quantitative estimate of drug-likeness (QED) is 0.654. The van der Waals surface area contributed by atoms with E-state index >= 15 is 0 Å². The summed E-state index contributed by atoms with van der Waals surface area (Å²) in [5, 5.41) is 0. The van der Waals surface area contributed by atoms with Crippen LogP contribution in [-0.4, -0.2) is 37.2 Å². The first-order chi connectivity index (χ1) is 6.72. The highest BCUT2D eigenvalue weighted by Gasteiger charge is 2.16. The van der Waals surface area contributed by atoms with E-state index in [-0.39, 0.29) is 12.3 Å². The predicted molar refractivity (Wildman–Crippen MR) is 50.5 cm³/mol. The third-order valence-corrected chi connectivity index (χ3v) is 2.72. The Bertz CT molecular complexity index is 176. The van der Waals surface area contributed by atoms with Gasteiger partial charge in [0, 0.05) is 18.9 Å². The second-order valence-corrected chi connectivity index (χ2v) is 3.85. The summed E-state index contributed by atoms with van der Waals surface area (Å²) < 4.78 is 23.9. The van der Waals surface area contributed by atoms with Crippen LogP contribution in [0.5, 0.6) is 0 Å². The summed E-state index contributed by atoms with van der Waals surface area (Å²) in [6, 6.07) is 0. The molecule has 0 saturated carbocycles. The lowest BCUT2D eigenvalue weighted by Crippen LogP contribution is -2.27. The molecule has 0 aromatic heterocycles. The number of aldehydes is 1. The van der Waals surface area contributed by atoms with E-state index in [0.29, 0.717) is 6.54 Å². The normalized spacial score (nSPS) is 24.9. The molecule has 1 atom stereocenters. The molecule has 0 radical (unpaired) electrons. The Hall–Kier alpha value is -0.510. The molecule has 1 saturated heterocycles. The van der Waals surface area contributed by atoms with Crippen molar-refractivity contribution >= 4 is 6.29 Å². The Morgan fingerprint density at radius 3 is 2.79 bits per heavy atom. The van der Waals surface area contributed by atoms with Gasteiger partial charge in [-0.2, -0.15) is 0 Å². The van der Waals surface area contributed by atoms with Gasteiger partial charge in [0.2, 0.25) is 6.43 Å². The number of alkyl halides is 2. The van der Waals surface area contributed by atoms with E-state index in [1.165, 1.54) is 0 Å². The fourth-order valence-corrected chi connectivity index (χ4v) is 1.82. The lowest BCUT2D eigenvalue weighted by atomic mass is 10.0. The first kappa shape index (κ1) is 11.6. The molecule has 4 heteroatoms. The topological polar surface area (TPSA) is 20.3 Å². The van der Waals surface area contributed by atoms with Crippen molar-refractivity contribution in [2.45, 2.75) is 32.1 Å². The average molecular weight is 205 g/mol. The monoisotopic (exact) mass is 205 g/mol. The largest absolute Gasteiger partial charge is 0.303 e. The second kappa shape index (κ2) is 6.06. The van der Waals surface area contributed by atoms with Crippen LogP contribution in [0.4, 0.5) is 8.78 Å². The van der Waals surface area contributed by atoms with E-state index < -0.39 is 6.43 Å². The highest BCUT2D eigenvalue weighted by atomic mass is 19.3. The van der Waals surface area contributed by atoms with Crippen LogP contribution >= 0.6 is 0 Å². The van der Waals surface area contributed by atoms with Crippen LogP contribution in [-0.2, 0) is 4.79 Å². The number of hydrogen-bond acceptors (Lipinski definition) is 2. The fourth-order valence-electron chi connectivity index (χ4n) is 1.82. The van der Waals surface area contributed by atoms with E-state index in [4.69, 9.17) is 0 Å². The molecule has 0 bridgehead atoms.